The van der Waals surface area contributed by atoms with Crippen molar-refractivity contribution in [2.75, 3.05) is 0 Å². The third kappa shape index (κ3) is 3.18. The van der Waals surface area contributed by atoms with E-state index in [9.17, 15) is 15.0 Å². The molecule has 4 heteroatoms. The van der Waals surface area contributed by atoms with Crippen molar-refractivity contribution < 1.29 is 20.1 Å². The summed E-state index contributed by atoms with van der Waals surface area (Å²) >= 11 is 0. The Balaban J connectivity index is 1.61. The van der Waals surface area contributed by atoms with Crippen molar-refractivity contribution >= 4 is 5.97 Å². The summed E-state index contributed by atoms with van der Waals surface area (Å²) in [4.78, 5) is 11.1. The van der Waals surface area contributed by atoms with Gasteiger partial charge in [0.05, 0.1) is 12.2 Å². The number of hydrogen-bond acceptors (Lipinski definition) is 3. The minimum Gasteiger partial charge on any atom is -0.481 e. The summed E-state index contributed by atoms with van der Waals surface area (Å²) in [5.74, 6) is 1.82. The molecular weight excluding hydrogens is 376 g/mol. The Bertz CT molecular complexity index is 663. The first-order chi connectivity index (χ1) is 14.1. The van der Waals surface area contributed by atoms with Crippen LogP contribution in [0, 0.1) is 45.8 Å². The molecule has 0 heterocycles. The van der Waals surface area contributed by atoms with Gasteiger partial charge in [0, 0.05) is 6.42 Å². The largest absolute Gasteiger partial charge is 0.481 e. The third-order valence-electron chi connectivity index (χ3n) is 11.3. The van der Waals surface area contributed by atoms with Gasteiger partial charge in [-0.3, -0.25) is 4.79 Å². The zero-order chi connectivity index (χ0) is 21.9. The number of rotatable bonds is 5. The predicted octanol–water partition coefficient (Wildman–Crippen LogP) is 5.26. The van der Waals surface area contributed by atoms with Gasteiger partial charge in [-0.1, -0.05) is 27.7 Å². The molecule has 0 aromatic carbocycles. The average Bonchev–Trinajstić information content (AvgIpc) is 3.04. The van der Waals surface area contributed by atoms with E-state index in [-0.39, 0.29) is 34.9 Å². The van der Waals surface area contributed by atoms with Crippen molar-refractivity contribution in [3.63, 3.8) is 0 Å². The van der Waals surface area contributed by atoms with Crippen molar-refractivity contribution in [2.45, 2.75) is 111 Å². The van der Waals surface area contributed by atoms with Crippen molar-refractivity contribution in [3.8, 4) is 0 Å². The van der Waals surface area contributed by atoms with E-state index in [2.05, 4.69) is 27.7 Å². The molecule has 0 radical (unpaired) electrons. The van der Waals surface area contributed by atoms with Crippen LogP contribution >= 0.6 is 0 Å². The SMILES string of the molecule is CC[C@]12C[C@H](O)CC[C@]1(C)[C@H]1CC[C@]3(C)C([C@H](C)CCC(=O)O)CC[C@H]3[C@@H]1[C@H](O)C2. The number of aliphatic hydroxyl groups excluding tert-OH is 2. The van der Waals surface area contributed by atoms with Crippen LogP contribution in [0.2, 0.25) is 0 Å². The first-order valence-corrected chi connectivity index (χ1v) is 12.7. The molecule has 0 amide bonds. The maximum atomic E-state index is 11.5. The van der Waals surface area contributed by atoms with E-state index < -0.39 is 5.97 Å². The highest BCUT2D eigenvalue weighted by atomic mass is 16.4. The van der Waals surface area contributed by atoms with Gasteiger partial charge in [-0.05, 0) is 110 Å². The van der Waals surface area contributed by atoms with Gasteiger partial charge in [-0.2, -0.15) is 0 Å². The van der Waals surface area contributed by atoms with E-state index in [1.807, 2.05) is 0 Å². The van der Waals surface area contributed by atoms with Crippen molar-refractivity contribution in [1.29, 1.82) is 0 Å². The van der Waals surface area contributed by atoms with Gasteiger partial charge in [0.25, 0.3) is 0 Å². The van der Waals surface area contributed by atoms with Crippen LogP contribution in [0.1, 0.15) is 98.3 Å². The van der Waals surface area contributed by atoms with E-state index >= 15 is 0 Å². The molecule has 4 nitrogen and oxygen atoms in total. The van der Waals surface area contributed by atoms with Crippen LogP contribution in [0.15, 0.2) is 0 Å². The number of aliphatic carboxylic acids is 1. The third-order valence-corrected chi connectivity index (χ3v) is 11.3. The van der Waals surface area contributed by atoms with Crippen LogP contribution in [0.3, 0.4) is 0 Å². The fourth-order valence-electron chi connectivity index (χ4n) is 9.64. The van der Waals surface area contributed by atoms with E-state index in [1.54, 1.807) is 0 Å². The zero-order valence-electron chi connectivity index (χ0n) is 19.6. The van der Waals surface area contributed by atoms with Crippen LogP contribution in [-0.4, -0.2) is 33.5 Å². The van der Waals surface area contributed by atoms with Gasteiger partial charge in [0.2, 0.25) is 0 Å². The smallest absolute Gasteiger partial charge is 0.303 e. The maximum Gasteiger partial charge on any atom is 0.303 e. The first kappa shape index (κ1) is 22.6. The lowest BCUT2D eigenvalue weighted by molar-refractivity contribution is -0.217. The highest BCUT2D eigenvalue weighted by Crippen LogP contribution is 2.72. The van der Waals surface area contributed by atoms with E-state index in [0.717, 1.165) is 38.5 Å². The van der Waals surface area contributed by atoms with Crippen LogP contribution in [0.25, 0.3) is 0 Å². The molecule has 172 valence electrons. The highest BCUT2D eigenvalue weighted by Gasteiger charge is 2.66. The molecule has 10 atom stereocenters. The molecule has 1 unspecified atom stereocenters. The second kappa shape index (κ2) is 7.76. The molecule has 4 aliphatic carbocycles. The Kier molecular flexibility index (Phi) is 5.84. The summed E-state index contributed by atoms with van der Waals surface area (Å²) in [6.45, 7) is 9.49. The monoisotopic (exact) mass is 420 g/mol. The summed E-state index contributed by atoms with van der Waals surface area (Å²) in [7, 11) is 0. The number of carbonyl (C=O) groups is 1. The minimum absolute atomic E-state index is 0.0752. The fraction of sp³-hybridized carbons (Fsp3) is 0.962. The Labute approximate surface area is 182 Å². The molecule has 0 bridgehead atoms. The molecule has 4 fully saturated rings. The summed E-state index contributed by atoms with van der Waals surface area (Å²) in [5, 5.41) is 31.2. The summed E-state index contributed by atoms with van der Waals surface area (Å²) in [5.41, 5.74) is 0.530. The van der Waals surface area contributed by atoms with Crippen LogP contribution in [-0.2, 0) is 4.79 Å². The highest BCUT2D eigenvalue weighted by molar-refractivity contribution is 5.66. The van der Waals surface area contributed by atoms with Crippen molar-refractivity contribution in [3.05, 3.63) is 0 Å². The van der Waals surface area contributed by atoms with Gasteiger partial charge in [0.15, 0.2) is 0 Å². The minimum atomic E-state index is -0.684. The average molecular weight is 421 g/mol. The van der Waals surface area contributed by atoms with Gasteiger partial charge < -0.3 is 15.3 Å². The second-order valence-electron chi connectivity index (χ2n) is 12.1. The molecular formula is C26H44O4. The van der Waals surface area contributed by atoms with Crippen LogP contribution in [0.5, 0.6) is 0 Å². The molecule has 4 rings (SSSR count). The van der Waals surface area contributed by atoms with Gasteiger partial charge >= 0.3 is 5.97 Å². The quantitative estimate of drug-likeness (QED) is 0.567. The predicted molar refractivity (Wildman–Crippen MR) is 118 cm³/mol. The topological polar surface area (TPSA) is 77.8 Å². The normalized spacial score (nSPS) is 51.5. The Hall–Kier alpha value is -0.610. The Morgan fingerprint density at radius 2 is 1.77 bits per heavy atom. The van der Waals surface area contributed by atoms with Crippen molar-refractivity contribution in [1.82, 2.24) is 0 Å². The molecule has 0 spiro atoms. The number of aliphatic hydroxyl groups is 2. The lowest BCUT2D eigenvalue weighted by Gasteiger charge is -2.67. The molecule has 0 aromatic rings. The van der Waals surface area contributed by atoms with E-state index in [0.29, 0.717) is 29.6 Å². The number of fused-ring (bicyclic) bond motifs is 5. The molecule has 30 heavy (non-hydrogen) atoms. The van der Waals surface area contributed by atoms with Crippen molar-refractivity contribution in [2.24, 2.45) is 45.8 Å². The molecule has 4 saturated carbocycles. The molecule has 0 saturated heterocycles. The number of carboxylic acid groups (broad SMARTS) is 1. The number of hydrogen-bond donors (Lipinski definition) is 3. The molecule has 0 aliphatic heterocycles. The fourth-order valence-corrected chi connectivity index (χ4v) is 9.64. The number of carboxylic acids is 1. The van der Waals surface area contributed by atoms with Gasteiger partial charge in [0.1, 0.15) is 0 Å². The molecule has 0 aromatic heterocycles. The Morgan fingerprint density at radius 1 is 1.03 bits per heavy atom. The van der Waals surface area contributed by atoms with E-state index in [1.165, 1.54) is 25.7 Å². The van der Waals surface area contributed by atoms with Crippen LogP contribution in [0.4, 0.5) is 0 Å². The maximum absolute atomic E-state index is 11.5. The standard InChI is InChI=1S/C26H44O4/c1-5-26-14-17(27)10-13-25(26,4)20-11-12-24(3)18(16(2)6-9-22(29)30)7-8-19(24)23(20)21(28)15-26/h16-21,23,27-28H,5-15H2,1-4H3,(H,29,30)/t16-,17-,18?,19+,20+,21-,23+,24-,25-,26-/m1/s1. The first-order valence-electron chi connectivity index (χ1n) is 12.7. The molecule has 4 aliphatic rings. The summed E-state index contributed by atoms with van der Waals surface area (Å²) in [6, 6.07) is 0. The summed E-state index contributed by atoms with van der Waals surface area (Å²) in [6.07, 6.45) is 10.1. The van der Waals surface area contributed by atoms with Crippen LogP contribution < -0.4 is 0 Å². The lowest BCUT2D eigenvalue weighted by atomic mass is 9.38. The zero-order valence-corrected chi connectivity index (χ0v) is 19.6. The molecule has 3 N–H and O–H groups in total. The summed E-state index contributed by atoms with van der Waals surface area (Å²) < 4.78 is 0. The van der Waals surface area contributed by atoms with Gasteiger partial charge in [-0.25, -0.2) is 0 Å². The van der Waals surface area contributed by atoms with E-state index in [4.69, 9.17) is 5.11 Å². The van der Waals surface area contributed by atoms with Gasteiger partial charge in [-0.15, -0.1) is 0 Å². The second-order valence-corrected chi connectivity index (χ2v) is 12.1. The Morgan fingerprint density at radius 3 is 2.43 bits per heavy atom. The lowest BCUT2D eigenvalue weighted by Crippen LogP contribution is -2.63.